The van der Waals surface area contributed by atoms with Gasteiger partial charge in [0.05, 0.1) is 18.2 Å². The Morgan fingerprint density at radius 1 is 1.05 bits per heavy atom. The van der Waals surface area contributed by atoms with Gasteiger partial charge in [-0.25, -0.2) is 0 Å². The first-order valence-corrected chi connectivity index (χ1v) is 7.98. The van der Waals surface area contributed by atoms with E-state index in [1.165, 1.54) is 24.3 Å². The van der Waals surface area contributed by atoms with Crippen LogP contribution in [0.4, 0.5) is 0 Å². The van der Waals surface area contributed by atoms with Crippen molar-refractivity contribution < 1.29 is 17.3 Å². The SMILES string of the molecule is COCCc1ccc(OS(=O)(=O)c2ccc(C#N)cc2)cc1. The maximum atomic E-state index is 12.1. The molecule has 0 heterocycles. The molecule has 0 atom stereocenters. The van der Waals surface area contributed by atoms with Crippen molar-refractivity contribution in [1.29, 1.82) is 5.26 Å². The molecule has 0 fully saturated rings. The van der Waals surface area contributed by atoms with Gasteiger partial charge < -0.3 is 8.92 Å². The second-order valence-electron chi connectivity index (χ2n) is 4.56. The molecular formula is C16H15NO4S. The van der Waals surface area contributed by atoms with Crippen LogP contribution in [0.3, 0.4) is 0 Å². The molecule has 22 heavy (non-hydrogen) atoms. The van der Waals surface area contributed by atoms with E-state index in [0.29, 0.717) is 12.2 Å². The summed E-state index contributed by atoms with van der Waals surface area (Å²) in [5.41, 5.74) is 1.42. The van der Waals surface area contributed by atoms with Crippen LogP contribution >= 0.6 is 0 Å². The van der Waals surface area contributed by atoms with Crippen LogP contribution in [-0.4, -0.2) is 22.1 Å². The van der Waals surface area contributed by atoms with Gasteiger partial charge in [0.2, 0.25) is 0 Å². The molecule has 0 amide bonds. The van der Waals surface area contributed by atoms with E-state index in [2.05, 4.69) is 0 Å². The summed E-state index contributed by atoms with van der Waals surface area (Å²) in [5, 5.41) is 8.71. The number of benzene rings is 2. The molecule has 2 aromatic rings. The lowest BCUT2D eigenvalue weighted by atomic mass is 10.1. The van der Waals surface area contributed by atoms with Gasteiger partial charge in [0.15, 0.2) is 0 Å². The Morgan fingerprint density at radius 3 is 2.23 bits per heavy atom. The van der Waals surface area contributed by atoms with Crippen molar-refractivity contribution in [2.75, 3.05) is 13.7 Å². The molecule has 0 radical (unpaired) electrons. The van der Waals surface area contributed by atoms with Crippen molar-refractivity contribution in [2.24, 2.45) is 0 Å². The van der Waals surface area contributed by atoms with Crippen molar-refractivity contribution in [3.63, 3.8) is 0 Å². The molecule has 0 aliphatic rings. The Hall–Kier alpha value is -2.36. The molecule has 0 aliphatic carbocycles. The highest BCUT2D eigenvalue weighted by Crippen LogP contribution is 2.19. The van der Waals surface area contributed by atoms with Crippen LogP contribution in [0.25, 0.3) is 0 Å². The zero-order valence-corrected chi connectivity index (χ0v) is 12.8. The predicted molar refractivity (Wildman–Crippen MR) is 81.0 cm³/mol. The van der Waals surface area contributed by atoms with Crippen LogP contribution in [-0.2, 0) is 21.3 Å². The topological polar surface area (TPSA) is 76.4 Å². The molecule has 114 valence electrons. The van der Waals surface area contributed by atoms with Crippen molar-refractivity contribution in [2.45, 2.75) is 11.3 Å². The Kier molecular flexibility index (Phi) is 5.15. The molecule has 0 spiro atoms. The maximum Gasteiger partial charge on any atom is 0.339 e. The highest BCUT2D eigenvalue weighted by Gasteiger charge is 2.16. The average molecular weight is 317 g/mol. The normalized spacial score (nSPS) is 10.9. The van der Waals surface area contributed by atoms with Crippen LogP contribution < -0.4 is 4.18 Å². The molecule has 0 unspecified atom stereocenters. The van der Waals surface area contributed by atoms with E-state index in [-0.39, 0.29) is 10.6 Å². The summed E-state index contributed by atoms with van der Waals surface area (Å²) in [6.07, 6.45) is 0.749. The van der Waals surface area contributed by atoms with Crippen molar-refractivity contribution in [3.8, 4) is 11.8 Å². The van der Waals surface area contributed by atoms with Crippen LogP contribution in [0.15, 0.2) is 53.4 Å². The van der Waals surface area contributed by atoms with Gasteiger partial charge in [-0.2, -0.15) is 13.7 Å². The van der Waals surface area contributed by atoms with E-state index in [1.807, 2.05) is 6.07 Å². The minimum Gasteiger partial charge on any atom is -0.384 e. The lowest BCUT2D eigenvalue weighted by Gasteiger charge is -2.08. The first-order chi connectivity index (χ1) is 10.5. The monoisotopic (exact) mass is 317 g/mol. The first kappa shape index (κ1) is 16.0. The van der Waals surface area contributed by atoms with Gasteiger partial charge in [-0.3, -0.25) is 0 Å². The number of methoxy groups -OCH3 is 1. The predicted octanol–water partition coefficient (Wildman–Crippen LogP) is 2.51. The number of rotatable bonds is 6. The molecule has 2 aromatic carbocycles. The number of ether oxygens (including phenoxy) is 1. The van der Waals surface area contributed by atoms with Crippen molar-refractivity contribution >= 4 is 10.1 Å². The third kappa shape index (κ3) is 4.07. The molecule has 0 aliphatic heterocycles. The van der Waals surface area contributed by atoms with E-state index in [4.69, 9.17) is 14.2 Å². The average Bonchev–Trinajstić information content (AvgIpc) is 2.54. The molecule has 0 saturated carbocycles. The fraction of sp³-hybridized carbons (Fsp3) is 0.188. The Balaban J connectivity index is 2.12. The van der Waals surface area contributed by atoms with Gasteiger partial charge in [0.25, 0.3) is 0 Å². The molecule has 0 N–H and O–H groups in total. The van der Waals surface area contributed by atoms with Crippen LogP contribution in [0.1, 0.15) is 11.1 Å². The van der Waals surface area contributed by atoms with Gasteiger partial charge in [0, 0.05) is 7.11 Å². The van der Waals surface area contributed by atoms with E-state index in [0.717, 1.165) is 12.0 Å². The van der Waals surface area contributed by atoms with Crippen molar-refractivity contribution in [1.82, 2.24) is 0 Å². The Morgan fingerprint density at radius 2 is 1.68 bits per heavy atom. The zero-order valence-electron chi connectivity index (χ0n) is 12.0. The zero-order chi connectivity index (χ0) is 16.0. The van der Waals surface area contributed by atoms with Crippen LogP contribution in [0.5, 0.6) is 5.75 Å². The molecule has 6 heteroatoms. The summed E-state index contributed by atoms with van der Waals surface area (Å²) >= 11 is 0. The largest absolute Gasteiger partial charge is 0.384 e. The summed E-state index contributed by atoms with van der Waals surface area (Å²) < 4.78 is 34.3. The number of nitrogens with zero attached hydrogens (tertiary/aromatic N) is 1. The minimum atomic E-state index is -3.90. The molecule has 5 nitrogen and oxygen atoms in total. The lowest BCUT2D eigenvalue weighted by Crippen LogP contribution is -2.09. The summed E-state index contributed by atoms with van der Waals surface area (Å²) in [5.74, 6) is 0.241. The highest BCUT2D eigenvalue weighted by molar-refractivity contribution is 7.87. The quantitative estimate of drug-likeness (QED) is 0.765. The molecular weight excluding hydrogens is 302 g/mol. The van der Waals surface area contributed by atoms with Gasteiger partial charge >= 0.3 is 10.1 Å². The third-order valence-corrected chi connectivity index (χ3v) is 4.26. The molecule has 2 rings (SSSR count). The Bertz CT molecular complexity index is 759. The number of hydrogen-bond acceptors (Lipinski definition) is 5. The van der Waals surface area contributed by atoms with Crippen LogP contribution in [0, 0.1) is 11.3 Å². The maximum absolute atomic E-state index is 12.1. The number of nitriles is 1. The molecule has 0 saturated heterocycles. The first-order valence-electron chi connectivity index (χ1n) is 6.58. The molecule has 0 aromatic heterocycles. The second-order valence-corrected chi connectivity index (χ2v) is 6.11. The fourth-order valence-corrected chi connectivity index (χ4v) is 2.73. The van der Waals surface area contributed by atoms with Crippen LogP contribution in [0.2, 0.25) is 0 Å². The van der Waals surface area contributed by atoms with Gasteiger partial charge in [-0.05, 0) is 48.4 Å². The fourth-order valence-electron chi connectivity index (χ4n) is 1.80. The highest BCUT2D eigenvalue weighted by atomic mass is 32.2. The standard InChI is InChI=1S/C16H15NO4S/c1-20-11-10-13-2-6-15(7-3-13)21-22(18,19)16-8-4-14(12-17)5-9-16/h2-9H,10-11H2,1H3. The second kappa shape index (κ2) is 7.07. The Labute approximate surface area is 129 Å². The smallest absolute Gasteiger partial charge is 0.339 e. The van der Waals surface area contributed by atoms with E-state index in [9.17, 15) is 8.42 Å². The van der Waals surface area contributed by atoms with Gasteiger partial charge in [-0.15, -0.1) is 0 Å². The van der Waals surface area contributed by atoms with E-state index in [1.54, 1.807) is 31.4 Å². The summed E-state index contributed by atoms with van der Waals surface area (Å²) in [4.78, 5) is 0.00922. The van der Waals surface area contributed by atoms with E-state index >= 15 is 0 Å². The minimum absolute atomic E-state index is 0.00922. The summed E-state index contributed by atoms with van der Waals surface area (Å²) in [6.45, 7) is 0.601. The van der Waals surface area contributed by atoms with Gasteiger partial charge in [0.1, 0.15) is 10.6 Å². The third-order valence-electron chi connectivity index (χ3n) is 3.00. The van der Waals surface area contributed by atoms with Crippen molar-refractivity contribution in [3.05, 3.63) is 59.7 Å². The summed E-state index contributed by atoms with van der Waals surface area (Å²) in [6, 6.07) is 14.3. The van der Waals surface area contributed by atoms with Gasteiger partial charge in [-0.1, -0.05) is 12.1 Å². The van der Waals surface area contributed by atoms with E-state index < -0.39 is 10.1 Å². The lowest BCUT2D eigenvalue weighted by molar-refractivity contribution is 0.202. The molecule has 0 bridgehead atoms. The number of hydrogen-bond donors (Lipinski definition) is 0. The summed E-state index contributed by atoms with van der Waals surface area (Å²) in [7, 11) is -2.28.